The molecule has 1 saturated heterocycles. The maximum atomic E-state index is 12.7. The van der Waals surface area contributed by atoms with E-state index in [1.165, 1.54) is 128 Å². The van der Waals surface area contributed by atoms with Gasteiger partial charge in [-0.3, -0.25) is 9.59 Å². The van der Waals surface area contributed by atoms with Gasteiger partial charge in [-0.25, -0.2) is 0 Å². The number of ether oxygens (including phenoxy) is 4. The van der Waals surface area contributed by atoms with Gasteiger partial charge in [-0.05, 0) is 32.1 Å². The van der Waals surface area contributed by atoms with Gasteiger partial charge in [-0.1, -0.05) is 167 Å². The molecule has 318 valence electrons. The third-order valence-electron chi connectivity index (χ3n) is 10.4. The Morgan fingerprint density at radius 2 is 1.00 bits per heavy atom. The molecule has 4 N–H and O–H groups in total. The van der Waals surface area contributed by atoms with Crippen molar-refractivity contribution < 1.29 is 49.0 Å². The number of aliphatic hydroxyl groups is 4. The lowest BCUT2D eigenvalue weighted by Crippen LogP contribution is -2.59. The molecule has 54 heavy (non-hydrogen) atoms. The molecule has 0 amide bonds. The van der Waals surface area contributed by atoms with E-state index in [1.807, 2.05) is 0 Å². The van der Waals surface area contributed by atoms with Crippen molar-refractivity contribution in [2.24, 2.45) is 0 Å². The van der Waals surface area contributed by atoms with Crippen LogP contribution < -0.4 is 0 Å². The van der Waals surface area contributed by atoms with Crippen LogP contribution in [0.3, 0.4) is 0 Å². The summed E-state index contributed by atoms with van der Waals surface area (Å²) in [6, 6.07) is 0. The summed E-state index contributed by atoms with van der Waals surface area (Å²) in [5, 5.41) is 40.0. The minimum absolute atomic E-state index is 0.213. The highest BCUT2D eigenvalue weighted by Gasteiger charge is 2.44. The van der Waals surface area contributed by atoms with E-state index in [0.29, 0.717) is 6.42 Å². The first-order chi connectivity index (χ1) is 26.3. The molecular formula is C44H82O10. The van der Waals surface area contributed by atoms with Crippen LogP contribution in [-0.4, -0.2) is 89.0 Å². The minimum Gasteiger partial charge on any atom is -0.462 e. The molecule has 1 aliphatic heterocycles. The minimum atomic E-state index is -1.59. The SMILES string of the molecule is CCCC/C=C/CCCCCCCCCCCC(=O)OC[C@@H](CO[C@H]1O[C@@H](CO)[C@@H](O)C(O)C1O)OC(=O)CCCCCCCCCCCCCCCC. The van der Waals surface area contributed by atoms with E-state index in [9.17, 15) is 30.0 Å². The van der Waals surface area contributed by atoms with Gasteiger partial charge < -0.3 is 39.4 Å². The second kappa shape index (κ2) is 35.8. The predicted octanol–water partition coefficient (Wildman–Crippen LogP) is 9.17. The fourth-order valence-corrected chi connectivity index (χ4v) is 6.82. The maximum Gasteiger partial charge on any atom is 0.306 e. The van der Waals surface area contributed by atoms with Crippen molar-refractivity contribution in [1.82, 2.24) is 0 Å². The maximum absolute atomic E-state index is 12.7. The smallest absolute Gasteiger partial charge is 0.306 e. The average Bonchev–Trinajstić information content (AvgIpc) is 3.17. The van der Waals surface area contributed by atoms with Crippen LogP contribution in [0.25, 0.3) is 0 Å². The highest BCUT2D eigenvalue weighted by Crippen LogP contribution is 2.23. The van der Waals surface area contributed by atoms with Gasteiger partial charge in [0.05, 0.1) is 13.2 Å². The molecule has 0 aromatic carbocycles. The van der Waals surface area contributed by atoms with Crippen molar-refractivity contribution in [2.75, 3.05) is 19.8 Å². The summed E-state index contributed by atoms with van der Waals surface area (Å²) in [6.07, 6.45) is 29.3. The Morgan fingerprint density at radius 3 is 1.50 bits per heavy atom. The Bertz CT molecular complexity index is 897. The Balaban J connectivity index is 2.32. The number of allylic oxidation sites excluding steroid dienone is 2. The quantitative estimate of drug-likeness (QED) is 0.0273. The zero-order valence-electron chi connectivity index (χ0n) is 34.5. The van der Waals surface area contributed by atoms with Crippen LogP contribution in [0.2, 0.25) is 0 Å². The number of hydrogen-bond acceptors (Lipinski definition) is 10. The Hall–Kier alpha value is -1.56. The number of rotatable bonds is 37. The van der Waals surface area contributed by atoms with E-state index in [1.54, 1.807) is 0 Å². The zero-order valence-corrected chi connectivity index (χ0v) is 34.5. The molecule has 0 radical (unpaired) electrons. The zero-order chi connectivity index (χ0) is 39.5. The van der Waals surface area contributed by atoms with Gasteiger partial charge in [-0.15, -0.1) is 0 Å². The van der Waals surface area contributed by atoms with Crippen molar-refractivity contribution in [1.29, 1.82) is 0 Å². The molecule has 0 aromatic heterocycles. The van der Waals surface area contributed by atoms with Gasteiger partial charge in [0, 0.05) is 12.8 Å². The third kappa shape index (κ3) is 27.1. The van der Waals surface area contributed by atoms with E-state index in [0.717, 1.165) is 38.5 Å². The summed E-state index contributed by atoms with van der Waals surface area (Å²) in [7, 11) is 0. The Labute approximate surface area is 329 Å². The van der Waals surface area contributed by atoms with Crippen molar-refractivity contribution in [3.05, 3.63) is 12.2 Å². The number of esters is 2. The molecule has 10 nitrogen and oxygen atoms in total. The van der Waals surface area contributed by atoms with E-state index < -0.39 is 49.4 Å². The highest BCUT2D eigenvalue weighted by molar-refractivity contribution is 5.70. The highest BCUT2D eigenvalue weighted by atomic mass is 16.7. The van der Waals surface area contributed by atoms with E-state index in [2.05, 4.69) is 26.0 Å². The van der Waals surface area contributed by atoms with Gasteiger partial charge in [-0.2, -0.15) is 0 Å². The predicted molar refractivity (Wildman–Crippen MR) is 215 cm³/mol. The second-order valence-corrected chi connectivity index (χ2v) is 15.5. The molecule has 0 spiro atoms. The van der Waals surface area contributed by atoms with Crippen LogP contribution >= 0.6 is 0 Å². The molecule has 1 heterocycles. The summed E-state index contributed by atoms with van der Waals surface area (Å²) in [6.45, 7) is 3.41. The van der Waals surface area contributed by atoms with Crippen molar-refractivity contribution >= 4 is 11.9 Å². The molecule has 1 fully saturated rings. The van der Waals surface area contributed by atoms with Crippen LogP contribution in [0, 0.1) is 0 Å². The van der Waals surface area contributed by atoms with E-state index >= 15 is 0 Å². The number of carbonyl (C=O) groups excluding carboxylic acids is 2. The van der Waals surface area contributed by atoms with Crippen molar-refractivity contribution in [3.63, 3.8) is 0 Å². The van der Waals surface area contributed by atoms with Gasteiger partial charge in [0.25, 0.3) is 0 Å². The summed E-state index contributed by atoms with van der Waals surface area (Å²) < 4.78 is 22.2. The van der Waals surface area contributed by atoms with Crippen molar-refractivity contribution in [2.45, 2.75) is 237 Å². The number of aliphatic hydroxyl groups excluding tert-OH is 4. The summed E-state index contributed by atoms with van der Waals surface area (Å²) in [5.41, 5.74) is 0. The largest absolute Gasteiger partial charge is 0.462 e. The summed E-state index contributed by atoms with van der Waals surface area (Å²) in [4.78, 5) is 25.3. The first-order valence-corrected chi connectivity index (χ1v) is 22.3. The van der Waals surface area contributed by atoms with Crippen molar-refractivity contribution in [3.8, 4) is 0 Å². The normalized spacial score (nSPS) is 20.7. The molecule has 0 aromatic rings. The molecule has 0 bridgehead atoms. The lowest BCUT2D eigenvalue weighted by molar-refractivity contribution is -0.305. The monoisotopic (exact) mass is 771 g/mol. The van der Waals surface area contributed by atoms with Gasteiger partial charge >= 0.3 is 11.9 Å². The first kappa shape index (κ1) is 50.5. The van der Waals surface area contributed by atoms with Gasteiger partial charge in [0.2, 0.25) is 0 Å². The average molecular weight is 771 g/mol. The molecule has 0 aliphatic carbocycles. The van der Waals surface area contributed by atoms with E-state index in [4.69, 9.17) is 18.9 Å². The fraction of sp³-hybridized carbons (Fsp3) is 0.909. The van der Waals surface area contributed by atoms with Gasteiger partial charge in [0.15, 0.2) is 12.4 Å². The third-order valence-corrected chi connectivity index (χ3v) is 10.4. The van der Waals surface area contributed by atoms with E-state index in [-0.39, 0.29) is 32.0 Å². The molecule has 0 saturated carbocycles. The van der Waals surface area contributed by atoms with Crippen LogP contribution in [0.15, 0.2) is 12.2 Å². The van der Waals surface area contributed by atoms with Gasteiger partial charge in [0.1, 0.15) is 31.0 Å². The van der Waals surface area contributed by atoms with Crippen LogP contribution in [0.5, 0.6) is 0 Å². The number of hydrogen-bond donors (Lipinski definition) is 4. The molecule has 2 unspecified atom stereocenters. The molecule has 6 atom stereocenters. The first-order valence-electron chi connectivity index (χ1n) is 22.3. The lowest BCUT2D eigenvalue weighted by Gasteiger charge is -2.39. The topological polar surface area (TPSA) is 152 Å². The lowest BCUT2D eigenvalue weighted by atomic mass is 9.99. The van der Waals surface area contributed by atoms with Crippen LogP contribution in [0.1, 0.15) is 200 Å². The Morgan fingerprint density at radius 1 is 0.556 bits per heavy atom. The molecule has 1 rings (SSSR count). The number of unbranched alkanes of at least 4 members (excludes halogenated alkanes) is 24. The summed E-state index contributed by atoms with van der Waals surface area (Å²) in [5.74, 6) is -0.800. The standard InChI is InChI=1S/C44H82O10/c1-3-5-7-9-11-13-15-17-19-21-22-24-26-28-30-32-39(46)51-35-37(36-52-44-43(50)42(49)41(48)38(34-45)54-44)53-40(47)33-31-29-27-25-23-20-18-16-14-12-10-8-6-4-2/h9,11,37-38,41-45,48-50H,3-8,10,12-36H2,1-2H3/b11-9+/t37-,38-,41+,42?,43?,44-/m0/s1. The fourth-order valence-electron chi connectivity index (χ4n) is 6.82. The second-order valence-electron chi connectivity index (χ2n) is 15.5. The molecule has 10 heteroatoms. The molecular weight excluding hydrogens is 688 g/mol. The molecule has 1 aliphatic rings. The van der Waals surface area contributed by atoms with Crippen LogP contribution in [0.4, 0.5) is 0 Å². The van der Waals surface area contributed by atoms with Crippen LogP contribution in [-0.2, 0) is 28.5 Å². The number of carbonyl (C=O) groups is 2. The summed E-state index contributed by atoms with van der Waals surface area (Å²) >= 11 is 0. The Kier molecular flexibility index (Phi) is 33.5.